The Morgan fingerprint density at radius 1 is 1.18 bits per heavy atom. The molecule has 1 rings (SSSR count). The van der Waals surface area contributed by atoms with Gasteiger partial charge in [-0.25, -0.2) is 0 Å². The van der Waals surface area contributed by atoms with Gasteiger partial charge in [-0.15, -0.1) is 0 Å². The van der Waals surface area contributed by atoms with Crippen molar-refractivity contribution in [2.45, 2.75) is 26.3 Å². The van der Waals surface area contributed by atoms with E-state index in [1.54, 1.807) is 0 Å². The first-order valence-corrected chi connectivity index (χ1v) is 6.88. The fraction of sp³-hybridized carbons (Fsp3) is 1.00. The molecule has 0 radical (unpaired) electrons. The smallest absolute Gasteiger partial charge is 0.0445 e. The first-order valence-electron chi connectivity index (χ1n) is 6.88. The van der Waals surface area contributed by atoms with Crippen molar-refractivity contribution in [3.05, 3.63) is 0 Å². The van der Waals surface area contributed by atoms with Gasteiger partial charge < -0.3 is 15.3 Å². The lowest BCUT2D eigenvalue weighted by molar-refractivity contribution is 0.151. The molecule has 1 aliphatic rings. The molecule has 0 amide bonds. The van der Waals surface area contributed by atoms with Crippen LogP contribution in [0.25, 0.3) is 0 Å². The van der Waals surface area contributed by atoms with Crippen LogP contribution in [0.2, 0.25) is 0 Å². The van der Waals surface area contributed by atoms with Crippen LogP contribution in [0, 0.1) is 5.92 Å². The number of nitrogens with one attached hydrogen (secondary N) is 1. The molecule has 0 aromatic heterocycles. The average molecular weight is 243 g/mol. The van der Waals surface area contributed by atoms with Crippen molar-refractivity contribution < 1.29 is 5.11 Å². The molecular weight excluding hydrogens is 214 g/mol. The number of aliphatic hydroxyl groups is 1. The standard InChI is InChI=1S/C13H29N3O/c1-12(2)13(4-11-17)14-5-6-16-9-7-15(3)8-10-16/h12-14,17H,4-11H2,1-3H3. The highest BCUT2D eigenvalue weighted by atomic mass is 16.3. The monoisotopic (exact) mass is 243 g/mol. The number of aliphatic hydroxyl groups excluding tert-OH is 1. The topological polar surface area (TPSA) is 38.7 Å². The van der Waals surface area contributed by atoms with Crippen LogP contribution in [0.15, 0.2) is 0 Å². The Hall–Kier alpha value is -0.160. The van der Waals surface area contributed by atoms with Crippen LogP contribution in [-0.4, -0.2) is 73.9 Å². The van der Waals surface area contributed by atoms with Gasteiger partial charge in [0.05, 0.1) is 0 Å². The Morgan fingerprint density at radius 2 is 1.82 bits per heavy atom. The van der Waals surface area contributed by atoms with E-state index in [0.29, 0.717) is 12.0 Å². The highest BCUT2D eigenvalue weighted by Gasteiger charge is 2.15. The highest BCUT2D eigenvalue weighted by molar-refractivity contribution is 4.73. The second-order valence-electron chi connectivity index (χ2n) is 5.46. The molecule has 4 heteroatoms. The minimum Gasteiger partial charge on any atom is -0.396 e. The predicted molar refractivity (Wildman–Crippen MR) is 72.3 cm³/mol. The maximum absolute atomic E-state index is 9.01. The number of hydrogen-bond acceptors (Lipinski definition) is 4. The molecule has 1 aliphatic heterocycles. The van der Waals surface area contributed by atoms with Crippen molar-refractivity contribution in [3.8, 4) is 0 Å². The molecule has 1 fully saturated rings. The summed E-state index contributed by atoms with van der Waals surface area (Å²) in [4.78, 5) is 4.90. The molecule has 1 heterocycles. The first-order chi connectivity index (χ1) is 8.13. The van der Waals surface area contributed by atoms with Gasteiger partial charge >= 0.3 is 0 Å². The van der Waals surface area contributed by atoms with Gasteiger partial charge in [0, 0.05) is 51.9 Å². The van der Waals surface area contributed by atoms with Crippen LogP contribution in [0.5, 0.6) is 0 Å². The van der Waals surface area contributed by atoms with Gasteiger partial charge in [-0.05, 0) is 19.4 Å². The number of hydrogen-bond donors (Lipinski definition) is 2. The van der Waals surface area contributed by atoms with Gasteiger partial charge in [0.15, 0.2) is 0 Å². The molecule has 1 atom stereocenters. The lowest BCUT2D eigenvalue weighted by Gasteiger charge is -2.33. The summed E-state index contributed by atoms with van der Waals surface area (Å²) in [6.45, 7) is 11.6. The summed E-state index contributed by atoms with van der Waals surface area (Å²) in [5.74, 6) is 0.592. The summed E-state index contributed by atoms with van der Waals surface area (Å²) in [7, 11) is 2.19. The van der Waals surface area contributed by atoms with Gasteiger partial charge in [-0.1, -0.05) is 13.8 Å². The van der Waals surface area contributed by atoms with E-state index in [1.165, 1.54) is 26.2 Å². The fourth-order valence-electron chi connectivity index (χ4n) is 2.29. The normalized spacial score (nSPS) is 21.0. The van der Waals surface area contributed by atoms with E-state index >= 15 is 0 Å². The molecule has 0 aromatic rings. The van der Waals surface area contributed by atoms with E-state index in [2.05, 4.69) is 36.0 Å². The molecule has 0 spiro atoms. The van der Waals surface area contributed by atoms with Crippen LogP contribution in [0.4, 0.5) is 0 Å². The summed E-state index contributed by atoms with van der Waals surface area (Å²) >= 11 is 0. The number of rotatable bonds is 7. The lowest BCUT2D eigenvalue weighted by Crippen LogP contribution is -2.47. The molecule has 0 saturated carbocycles. The molecule has 2 N–H and O–H groups in total. The number of piperazine rings is 1. The van der Waals surface area contributed by atoms with Gasteiger partial charge in [0.2, 0.25) is 0 Å². The summed E-state index contributed by atoms with van der Waals surface area (Å²) in [6.07, 6.45) is 0.862. The molecule has 102 valence electrons. The van der Waals surface area contributed by atoms with Crippen LogP contribution in [0.1, 0.15) is 20.3 Å². The third-order valence-corrected chi connectivity index (χ3v) is 3.68. The van der Waals surface area contributed by atoms with Crippen LogP contribution in [0.3, 0.4) is 0 Å². The lowest BCUT2D eigenvalue weighted by atomic mass is 10.0. The van der Waals surface area contributed by atoms with Crippen molar-refractivity contribution in [3.63, 3.8) is 0 Å². The quantitative estimate of drug-likeness (QED) is 0.671. The maximum atomic E-state index is 9.01. The molecular formula is C13H29N3O. The Balaban J connectivity index is 2.13. The Morgan fingerprint density at radius 3 is 2.35 bits per heavy atom. The second-order valence-corrected chi connectivity index (χ2v) is 5.46. The molecule has 0 aliphatic carbocycles. The first kappa shape index (κ1) is 14.9. The van der Waals surface area contributed by atoms with Gasteiger partial charge in [0.1, 0.15) is 0 Å². The van der Waals surface area contributed by atoms with Crippen molar-refractivity contribution in [1.82, 2.24) is 15.1 Å². The maximum Gasteiger partial charge on any atom is 0.0445 e. The summed E-state index contributed by atoms with van der Waals surface area (Å²) in [6, 6.07) is 0.451. The molecule has 4 nitrogen and oxygen atoms in total. The molecule has 0 bridgehead atoms. The van der Waals surface area contributed by atoms with E-state index in [0.717, 1.165) is 19.5 Å². The van der Waals surface area contributed by atoms with Crippen molar-refractivity contribution >= 4 is 0 Å². The fourth-order valence-corrected chi connectivity index (χ4v) is 2.29. The molecule has 17 heavy (non-hydrogen) atoms. The third-order valence-electron chi connectivity index (χ3n) is 3.68. The van der Waals surface area contributed by atoms with E-state index < -0.39 is 0 Å². The largest absolute Gasteiger partial charge is 0.396 e. The Kier molecular flexibility index (Phi) is 7.04. The van der Waals surface area contributed by atoms with Crippen molar-refractivity contribution in [2.24, 2.45) is 5.92 Å². The van der Waals surface area contributed by atoms with Gasteiger partial charge in [-0.3, -0.25) is 4.90 Å². The van der Waals surface area contributed by atoms with E-state index in [-0.39, 0.29) is 6.61 Å². The zero-order chi connectivity index (χ0) is 12.7. The number of nitrogens with zero attached hydrogens (tertiary/aromatic N) is 2. The van der Waals surface area contributed by atoms with E-state index in [9.17, 15) is 0 Å². The second kappa shape index (κ2) is 8.03. The Bertz CT molecular complexity index is 191. The predicted octanol–water partition coefficient (Wildman–Crippen LogP) is 0.230. The van der Waals surface area contributed by atoms with Gasteiger partial charge in [0.25, 0.3) is 0 Å². The zero-order valence-corrected chi connectivity index (χ0v) is 11.7. The Labute approximate surface area is 106 Å². The minimum absolute atomic E-state index is 0.282. The average Bonchev–Trinajstić information content (AvgIpc) is 2.30. The zero-order valence-electron chi connectivity index (χ0n) is 11.7. The minimum atomic E-state index is 0.282. The number of likely N-dealkylation sites (N-methyl/N-ethyl adjacent to an activating group) is 1. The molecule has 1 unspecified atom stereocenters. The highest BCUT2D eigenvalue weighted by Crippen LogP contribution is 2.05. The SMILES string of the molecule is CC(C)C(CCO)NCCN1CCN(C)CC1. The molecule has 1 saturated heterocycles. The van der Waals surface area contributed by atoms with E-state index in [4.69, 9.17) is 5.11 Å². The summed E-state index contributed by atoms with van der Waals surface area (Å²) in [5.41, 5.74) is 0. The van der Waals surface area contributed by atoms with E-state index in [1.807, 2.05) is 0 Å². The van der Waals surface area contributed by atoms with Crippen LogP contribution < -0.4 is 5.32 Å². The van der Waals surface area contributed by atoms with Crippen molar-refractivity contribution in [2.75, 3.05) is 52.9 Å². The van der Waals surface area contributed by atoms with Crippen LogP contribution in [-0.2, 0) is 0 Å². The summed E-state index contributed by atoms with van der Waals surface area (Å²) in [5, 5.41) is 12.6. The van der Waals surface area contributed by atoms with Crippen molar-refractivity contribution in [1.29, 1.82) is 0 Å². The summed E-state index contributed by atoms with van der Waals surface area (Å²) < 4.78 is 0. The molecule has 0 aromatic carbocycles. The van der Waals surface area contributed by atoms with Crippen LogP contribution >= 0.6 is 0 Å². The third kappa shape index (κ3) is 5.82. The van der Waals surface area contributed by atoms with Gasteiger partial charge in [-0.2, -0.15) is 0 Å².